The van der Waals surface area contributed by atoms with Gasteiger partial charge in [-0.15, -0.1) is 0 Å². The first-order valence-electron chi connectivity index (χ1n) is 9.65. The minimum atomic E-state index is -3.49. The normalized spacial score (nSPS) is 26.0. The molecule has 2 aliphatic heterocycles. The Bertz CT molecular complexity index is 816. The Hall–Kier alpha value is -0.730. The molecule has 2 saturated heterocycles. The topological polar surface area (TPSA) is 55.8 Å². The molecule has 0 amide bonds. The van der Waals surface area contributed by atoms with Gasteiger partial charge in [-0.05, 0) is 44.7 Å². The summed E-state index contributed by atoms with van der Waals surface area (Å²) in [4.78, 5) is 0.376. The summed E-state index contributed by atoms with van der Waals surface area (Å²) >= 11 is 3.77. The molecule has 0 unspecified atom stereocenters. The molecule has 2 heterocycles. The zero-order valence-corrected chi connectivity index (χ0v) is 18.0. The molecular weight excluding hydrogens is 430 g/mol. The van der Waals surface area contributed by atoms with E-state index in [0.29, 0.717) is 24.7 Å². The summed E-state index contributed by atoms with van der Waals surface area (Å²) in [7, 11) is -3.49. The van der Waals surface area contributed by atoms with Crippen molar-refractivity contribution in [3.05, 3.63) is 39.9 Å². The second-order valence-corrected chi connectivity index (χ2v) is 10.4. The lowest BCUT2D eigenvalue weighted by atomic mass is 9.88. The third-order valence-electron chi connectivity index (χ3n) is 5.89. The fraction of sp³-hybridized carbons (Fsp3) is 0.600. The van der Waals surface area contributed by atoms with Crippen molar-refractivity contribution >= 4 is 26.0 Å². The summed E-state index contributed by atoms with van der Waals surface area (Å²) in [6, 6.07) is 7.02. The predicted octanol–water partition coefficient (Wildman–Crippen LogP) is 4.11. The SMILES string of the molecule is Cc1ccc(S(=O)(=O)N2CCC[C@H]2C(Br)=C2CCC3(CC2)OCCO3)cc1. The third-order valence-corrected chi connectivity index (χ3v) is 8.90. The lowest BCUT2D eigenvalue weighted by Gasteiger charge is -2.34. The molecule has 7 heteroatoms. The maximum Gasteiger partial charge on any atom is 0.243 e. The van der Waals surface area contributed by atoms with E-state index >= 15 is 0 Å². The largest absolute Gasteiger partial charge is 0.348 e. The highest BCUT2D eigenvalue weighted by Crippen LogP contribution is 2.43. The van der Waals surface area contributed by atoms with Crippen LogP contribution < -0.4 is 0 Å². The molecular formula is C20H26BrNO4S. The first-order valence-corrected chi connectivity index (χ1v) is 11.9. The molecule has 1 aromatic rings. The van der Waals surface area contributed by atoms with Crippen LogP contribution in [-0.2, 0) is 19.5 Å². The van der Waals surface area contributed by atoms with Crippen LogP contribution in [0.2, 0.25) is 0 Å². The molecule has 1 aliphatic carbocycles. The van der Waals surface area contributed by atoms with Gasteiger partial charge < -0.3 is 9.47 Å². The average molecular weight is 456 g/mol. The Morgan fingerprint density at radius 1 is 1.15 bits per heavy atom. The molecule has 0 N–H and O–H groups in total. The van der Waals surface area contributed by atoms with Gasteiger partial charge in [0.1, 0.15) is 0 Å². The third kappa shape index (κ3) is 3.77. The predicted molar refractivity (Wildman–Crippen MR) is 107 cm³/mol. The molecule has 4 rings (SSSR count). The number of halogens is 1. The molecule has 0 bridgehead atoms. The smallest absolute Gasteiger partial charge is 0.243 e. The molecule has 0 aromatic heterocycles. The van der Waals surface area contributed by atoms with E-state index in [4.69, 9.17) is 9.47 Å². The van der Waals surface area contributed by atoms with E-state index in [1.54, 1.807) is 16.4 Å². The van der Waals surface area contributed by atoms with Crippen LogP contribution in [0.4, 0.5) is 0 Å². The molecule has 3 fully saturated rings. The Balaban J connectivity index is 1.55. The quantitative estimate of drug-likeness (QED) is 0.687. The fourth-order valence-corrected chi connectivity index (χ4v) is 6.99. The van der Waals surface area contributed by atoms with Gasteiger partial charge in [-0.3, -0.25) is 0 Å². The highest BCUT2D eigenvalue weighted by Gasteiger charge is 2.42. The fourth-order valence-electron chi connectivity index (χ4n) is 4.32. The Labute approximate surface area is 169 Å². The summed E-state index contributed by atoms with van der Waals surface area (Å²) in [5, 5.41) is 0. The molecule has 27 heavy (non-hydrogen) atoms. The minimum absolute atomic E-state index is 0.106. The molecule has 3 aliphatic rings. The van der Waals surface area contributed by atoms with E-state index in [2.05, 4.69) is 15.9 Å². The second-order valence-electron chi connectivity index (χ2n) is 7.65. The van der Waals surface area contributed by atoms with Gasteiger partial charge in [0.2, 0.25) is 10.0 Å². The molecule has 1 atom stereocenters. The van der Waals surface area contributed by atoms with Gasteiger partial charge in [-0.25, -0.2) is 8.42 Å². The van der Waals surface area contributed by atoms with Crippen molar-refractivity contribution in [1.29, 1.82) is 0 Å². The Morgan fingerprint density at radius 3 is 2.41 bits per heavy atom. The average Bonchev–Trinajstić information content (AvgIpc) is 3.32. The van der Waals surface area contributed by atoms with E-state index < -0.39 is 15.8 Å². The number of sulfonamides is 1. The van der Waals surface area contributed by atoms with Crippen molar-refractivity contribution in [1.82, 2.24) is 4.31 Å². The molecule has 1 saturated carbocycles. The van der Waals surface area contributed by atoms with Gasteiger partial charge in [-0.2, -0.15) is 4.31 Å². The van der Waals surface area contributed by atoms with Crippen LogP contribution in [0.1, 0.15) is 44.1 Å². The summed E-state index contributed by atoms with van der Waals surface area (Å²) in [6.07, 6.45) is 5.19. The van der Waals surface area contributed by atoms with Crippen LogP contribution in [0.15, 0.2) is 39.2 Å². The van der Waals surface area contributed by atoms with E-state index in [-0.39, 0.29) is 6.04 Å². The first kappa shape index (κ1) is 19.6. The number of ether oxygens (including phenoxy) is 2. The summed E-state index contributed by atoms with van der Waals surface area (Å²) in [5.41, 5.74) is 2.36. The lowest BCUT2D eigenvalue weighted by Crippen LogP contribution is -2.37. The molecule has 1 spiro atoms. The van der Waals surface area contributed by atoms with Gasteiger partial charge in [0, 0.05) is 23.9 Å². The minimum Gasteiger partial charge on any atom is -0.348 e. The second kappa shape index (κ2) is 7.59. The standard InChI is InChI=1S/C20H26BrNO4S/c1-15-4-6-17(7-5-15)27(23,24)22-12-2-3-18(22)19(21)16-8-10-20(11-9-16)25-13-14-26-20/h4-7,18H,2-3,8-14H2,1H3/t18-/m0/s1. The number of aryl methyl sites for hydroxylation is 1. The van der Waals surface area contributed by atoms with Crippen molar-refractivity contribution < 1.29 is 17.9 Å². The molecule has 148 valence electrons. The van der Waals surface area contributed by atoms with Crippen molar-refractivity contribution in [2.24, 2.45) is 0 Å². The van der Waals surface area contributed by atoms with Gasteiger partial charge in [0.25, 0.3) is 0 Å². The van der Waals surface area contributed by atoms with Gasteiger partial charge in [0.05, 0.1) is 24.2 Å². The lowest BCUT2D eigenvalue weighted by molar-refractivity contribution is -0.171. The van der Waals surface area contributed by atoms with E-state index in [0.717, 1.165) is 48.6 Å². The van der Waals surface area contributed by atoms with Crippen molar-refractivity contribution in [2.75, 3.05) is 19.8 Å². The number of benzene rings is 1. The Kier molecular flexibility index (Phi) is 5.51. The highest BCUT2D eigenvalue weighted by molar-refractivity contribution is 9.11. The number of rotatable bonds is 3. The number of hydrogen-bond donors (Lipinski definition) is 0. The van der Waals surface area contributed by atoms with Crippen LogP contribution in [0.5, 0.6) is 0 Å². The molecule has 5 nitrogen and oxygen atoms in total. The van der Waals surface area contributed by atoms with Gasteiger partial charge in [0.15, 0.2) is 5.79 Å². The van der Waals surface area contributed by atoms with Crippen molar-refractivity contribution in [2.45, 2.75) is 62.2 Å². The highest BCUT2D eigenvalue weighted by atomic mass is 79.9. The molecule has 1 aromatic carbocycles. The molecule has 0 radical (unpaired) electrons. The Morgan fingerprint density at radius 2 is 1.78 bits per heavy atom. The van der Waals surface area contributed by atoms with Crippen LogP contribution in [-0.4, -0.2) is 44.3 Å². The number of allylic oxidation sites excluding steroid dienone is 1. The number of nitrogens with zero attached hydrogens (tertiary/aromatic N) is 1. The van der Waals surface area contributed by atoms with Crippen LogP contribution in [0.25, 0.3) is 0 Å². The maximum absolute atomic E-state index is 13.2. The summed E-state index contributed by atoms with van der Waals surface area (Å²) < 4.78 is 40.7. The van der Waals surface area contributed by atoms with E-state index in [1.165, 1.54) is 5.57 Å². The monoisotopic (exact) mass is 455 g/mol. The van der Waals surface area contributed by atoms with Gasteiger partial charge in [-0.1, -0.05) is 39.2 Å². The summed E-state index contributed by atoms with van der Waals surface area (Å²) in [5.74, 6) is -0.403. The van der Waals surface area contributed by atoms with Crippen LogP contribution in [0, 0.1) is 6.92 Å². The maximum atomic E-state index is 13.2. The van der Waals surface area contributed by atoms with E-state index in [1.807, 2.05) is 19.1 Å². The van der Waals surface area contributed by atoms with Gasteiger partial charge >= 0.3 is 0 Å². The van der Waals surface area contributed by atoms with E-state index in [9.17, 15) is 8.42 Å². The number of hydrogen-bond acceptors (Lipinski definition) is 4. The first-order chi connectivity index (χ1) is 12.9. The zero-order chi connectivity index (χ0) is 19.1. The van der Waals surface area contributed by atoms with Crippen LogP contribution in [0.3, 0.4) is 0 Å². The van der Waals surface area contributed by atoms with Crippen molar-refractivity contribution in [3.8, 4) is 0 Å². The summed E-state index contributed by atoms with van der Waals surface area (Å²) in [6.45, 7) is 3.87. The van der Waals surface area contributed by atoms with Crippen molar-refractivity contribution in [3.63, 3.8) is 0 Å². The zero-order valence-electron chi connectivity index (χ0n) is 15.6. The van der Waals surface area contributed by atoms with Crippen LogP contribution >= 0.6 is 15.9 Å².